The van der Waals surface area contributed by atoms with Crippen LogP contribution in [0.15, 0.2) is 66.7 Å². The Bertz CT molecular complexity index is 1030. The lowest BCUT2D eigenvalue weighted by Crippen LogP contribution is -2.22. The van der Waals surface area contributed by atoms with Crippen molar-refractivity contribution in [2.75, 3.05) is 10.6 Å². The molecule has 0 radical (unpaired) electrons. The molecule has 0 aliphatic carbocycles. The molecule has 0 fully saturated rings. The summed E-state index contributed by atoms with van der Waals surface area (Å²) in [6, 6.07) is 20.8. The van der Waals surface area contributed by atoms with Crippen molar-refractivity contribution >= 4 is 23.3 Å². The van der Waals surface area contributed by atoms with Gasteiger partial charge in [0.25, 0.3) is 5.91 Å². The monoisotopic (exact) mass is 357 g/mol. The number of rotatable bonds is 3. The Kier molecular flexibility index (Phi) is 4.34. The largest absolute Gasteiger partial charge is 0.348 e. The number of nitrogens with one attached hydrogen (secondary N) is 3. The molecule has 0 bridgehead atoms. The van der Waals surface area contributed by atoms with Crippen LogP contribution in [-0.4, -0.2) is 11.9 Å². The first kappa shape index (κ1) is 16.8. The predicted molar refractivity (Wildman–Crippen MR) is 107 cm³/mol. The summed E-state index contributed by atoms with van der Waals surface area (Å²) in [6.45, 7) is 2.38. The maximum absolute atomic E-state index is 12.4. The highest BCUT2D eigenvalue weighted by atomic mass is 16.2. The van der Waals surface area contributed by atoms with Gasteiger partial charge in [0.05, 0.1) is 11.3 Å². The van der Waals surface area contributed by atoms with E-state index >= 15 is 0 Å². The van der Waals surface area contributed by atoms with Crippen LogP contribution in [0.4, 0.5) is 16.2 Å². The van der Waals surface area contributed by atoms with E-state index < -0.39 is 0 Å². The van der Waals surface area contributed by atoms with Crippen molar-refractivity contribution in [3.05, 3.63) is 83.4 Å². The average Bonchev–Trinajstić information content (AvgIpc) is 3.07. The number of para-hydroxylation sites is 1. The Balaban J connectivity index is 1.64. The smallest absolute Gasteiger partial charge is 0.323 e. The SMILES string of the molecule is Cc1ccccc1NC(=O)Nc1ccc(-c2ccccc2)c2c1C(=O)NC2. The first-order chi connectivity index (χ1) is 13.1. The maximum Gasteiger partial charge on any atom is 0.323 e. The van der Waals surface area contributed by atoms with Gasteiger partial charge in [0.15, 0.2) is 0 Å². The number of hydrogen-bond acceptors (Lipinski definition) is 2. The lowest BCUT2D eigenvalue weighted by Gasteiger charge is -2.14. The van der Waals surface area contributed by atoms with Gasteiger partial charge in [-0.05, 0) is 41.3 Å². The summed E-state index contributed by atoms with van der Waals surface area (Å²) < 4.78 is 0. The van der Waals surface area contributed by atoms with Crippen LogP contribution in [0.25, 0.3) is 11.1 Å². The van der Waals surface area contributed by atoms with Crippen molar-refractivity contribution in [3.63, 3.8) is 0 Å². The third kappa shape index (κ3) is 3.27. The van der Waals surface area contributed by atoms with Gasteiger partial charge in [0.1, 0.15) is 0 Å². The average molecular weight is 357 g/mol. The fourth-order valence-electron chi connectivity index (χ4n) is 3.33. The van der Waals surface area contributed by atoms with E-state index in [0.29, 0.717) is 17.8 Å². The van der Waals surface area contributed by atoms with E-state index in [9.17, 15) is 9.59 Å². The van der Waals surface area contributed by atoms with Gasteiger partial charge in [-0.25, -0.2) is 4.79 Å². The van der Waals surface area contributed by atoms with Gasteiger partial charge in [-0.3, -0.25) is 4.79 Å². The van der Waals surface area contributed by atoms with Crippen LogP contribution in [0.3, 0.4) is 0 Å². The zero-order chi connectivity index (χ0) is 18.8. The molecular formula is C22H19N3O2. The predicted octanol–water partition coefficient (Wildman–Crippen LogP) is 4.55. The van der Waals surface area contributed by atoms with Gasteiger partial charge >= 0.3 is 6.03 Å². The van der Waals surface area contributed by atoms with E-state index in [1.54, 1.807) is 6.07 Å². The summed E-state index contributed by atoms with van der Waals surface area (Å²) in [7, 11) is 0. The lowest BCUT2D eigenvalue weighted by molar-refractivity contribution is 0.0966. The molecule has 0 aromatic heterocycles. The Morgan fingerprint density at radius 3 is 2.37 bits per heavy atom. The molecule has 3 aromatic carbocycles. The van der Waals surface area contributed by atoms with Gasteiger partial charge in [-0.15, -0.1) is 0 Å². The normalized spacial score (nSPS) is 12.3. The lowest BCUT2D eigenvalue weighted by atomic mass is 9.95. The topological polar surface area (TPSA) is 70.2 Å². The molecule has 5 heteroatoms. The first-order valence-corrected chi connectivity index (χ1v) is 8.76. The van der Waals surface area contributed by atoms with Crippen molar-refractivity contribution < 1.29 is 9.59 Å². The van der Waals surface area contributed by atoms with Crippen molar-refractivity contribution in [2.45, 2.75) is 13.5 Å². The summed E-state index contributed by atoms with van der Waals surface area (Å²) >= 11 is 0. The molecule has 3 aromatic rings. The van der Waals surface area contributed by atoms with Gasteiger partial charge < -0.3 is 16.0 Å². The van der Waals surface area contributed by atoms with Crippen molar-refractivity contribution in [1.29, 1.82) is 0 Å². The Hall–Kier alpha value is -3.60. The number of hydrogen-bond donors (Lipinski definition) is 3. The third-order valence-electron chi connectivity index (χ3n) is 4.69. The van der Waals surface area contributed by atoms with Crippen molar-refractivity contribution in [3.8, 4) is 11.1 Å². The quantitative estimate of drug-likeness (QED) is 0.643. The number of amides is 3. The minimum atomic E-state index is -0.376. The molecule has 0 saturated heterocycles. The summed E-state index contributed by atoms with van der Waals surface area (Å²) in [4.78, 5) is 24.8. The fourth-order valence-corrected chi connectivity index (χ4v) is 3.33. The third-order valence-corrected chi connectivity index (χ3v) is 4.69. The highest BCUT2D eigenvalue weighted by Crippen LogP contribution is 2.34. The second kappa shape index (κ2) is 6.96. The van der Waals surface area contributed by atoms with Gasteiger partial charge in [-0.2, -0.15) is 0 Å². The van der Waals surface area contributed by atoms with E-state index in [-0.39, 0.29) is 11.9 Å². The maximum atomic E-state index is 12.4. The van der Waals surface area contributed by atoms with Crippen LogP contribution in [-0.2, 0) is 6.54 Å². The molecule has 0 saturated carbocycles. The Labute approximate surface area is 157 Å². The zero-order valence-electron chi connectivity index (χ0n) is 14.9. The van der Waals surface area contributed by atoms with E-state index in [2.05, 4.69) is 16.0 Å². The standard InChI is InChI=1S/C22H19N3O2/c1-14-7-5-6-10-18(14)24-22(27)25-19-12-11-16(15-8-3-2-4-9-15)17-13-23-21(26)20(17)19/h2-12H,13H2,1H3,(H,23,26)(H2,24,25,27). The van der Waals surface area contributed by atoms with Gasteiger partial charge in [-0.1, -0.05) is 54.6 Å². The second-order valence-corrected chi connectivity index (χ2v) is 6.46. The number of aryl methyl sites for hydroxylation is 1. The molecule has 3 N–H and O–H groups in total. The number of carbonyl (C=O) groups excluding carboxylic acids is 2. The minimum Gasteiger partial charge on any atom is -0.348 e. The van der Waals surface area contributed by atoms with Crippen molar-refractivity contribution in [1.82, 2.24) is 5.32 Å². The molecule has 27 heavy (non-hydrogen) atoms. The van der Waals surface area contributed by atoms with Crippen LogP contribution < -0.4 is 16.0 Å². The highest BCUT2D eigenvalue weighted by Gasteiger charge is 2.26. The molecule has 1 aliphatic rings. The fraction of sp³-hybridized carbons (Fsp3) is 0.0909. The zero-order valence-corrected chi connectivity index (χ0v) is 14.9. The molecule has 5 nitrogen and oxygen atoms in total. The molecule has 134 valence electrons. The van der Waals surface area contributed by atoms with E-state index in [0.717, 1.165) is 27.9 Å². The summed E-state index contributed by atoms with van der Waals surface area (Å²) in [5.74, 6) is -0.172. The summed E-state index contributed by atoms with van der Waals surface area (Å²) in [5, 5.41) is 8.50. The van der Waals surface area contributed by atoms with Crippen LogP contribution in [0.2, 0.25) is 0 Å². The van der Waals surface area contributed by atoms with Crippen molar-refractivity contribution in [2.24, 2.45) is 0 Å². The Morgan fingerprint density at radius 2 is 1.59 bits per heavy atom. The van der Waals surface area contributed by atoms with Crippen LogP contribution in [0.5, 0.6) is 0 Å². The minimum absolute atomic E-state index is 0.172. The number of urea groups is 1. The molecule has 0 spiro atoms. The van der Waals surface area contributed by atoms with Gasteiger partial charge in [0.2, 0.25) is 0 Å². The molecule has 1 heterocycles. The highest BCUT2D eigenvalue weighted by molar-refractivity contribution is 6.10. The summed E-state index contributed by atoms with van der Waals surface area (Å²) in [5.41, 5.74) is 5.67. The molecule has 0 atom stereocenters. The molecule has 3 amide bonds. The number of benzene rings is 3. The molecule has 4 rings (SSSR count). The molecule has 0 unspecified atom stereocenters. The van der Waals surface area contributed by atoms with Crippen LogP contribution in [0, 0.1) is 6.92 Å². The first-order valence-electron chi connectivity index (χ1n) is 8.76. The number of carbonyl (C=O) groups is 2. The number of anilines is 2. The van der Waals surface area contributed by atoms with Gasteiger partial charge in [0, 0.05) is 12.2 Å². The van der Waals surface area contributed by atoms with Crippen LogP contribution in [0.1, 0.15) is 21.5 Å². The summed E-state index contributed by atoms with van der Waals surface area (Å²) in [6.07, 6.45) is 0. The van der Waals surface area contributed by atoms with E-state index in [1.807, 2.05) is 67.6 Å². The Morgan fingerprint density at radius 1 is 0.889 bits per heavy atom. The molecular weight excluding hydrogens is 338 g/mol. The number of fused-ring (bicyclic) bond motifs is 1. The molecule has 1 aliphatic heterocycles. The van der Waals surface area contributed by atoms with E-state index in [1.165, 1.54) is 0 Å². The second-order valence-electron chi connectivity index (χ2n) is 6.46. The van der Waals surface area contributed by atoms with E-state index in [4.69, 9.17) is 0 Å². The van der Waals surface area contributed by atoms with Crippen LogP contribution >= 0.6 is 0 Å².